The molecule has 2 N–H and O–H groups in total. The SMILES string of the molecule is CC(C)(C)N1CCN(c2cc(F)cc(CN)c2)CC1. The van der Waals surface area contributed by atoms with E-state index in [2.05, 4.69) is 30.6 Å². The van der Waals surface area contributed by atoms with Crippen LogP contribution < -0.4 is 10.6 Å². The Bertz CT molecular complexity index is 432. The lowest BCUT2D eigenvalue weighted by molar-refractivity contribution is 0.128. The van der Waals surface area contributed by atoms with Gasteiger partial charge in [0, 0.05) is 44.0 Å². The maximum absolute atomic E-state index is 13.5. The number of nitrogens with two attached hydrogens (primary N) is 1. The van der Waals surface area contributed by atoms with Crippen LogP contribution in [0, 0.1) is 5.82 Å². The van der Waals surface area contributed by atoms with Crippen molar-refractivity contribution in [3.63, 3.8) is 0 Å². The molecule has 106 valence electrons. The van der Waals surface area contributed by atoms with Gasteiger partial charge in [-0.15, -0.1) is 0 Å². The minimum absolute atomic E-state index is 0.198. The summed E-state index contributed by atoms with van der Waals surface area (Å²) in [5, 5.41) is 0. The Kier molecular flexibility index (Phi) is 4.11. The van der Waals surface area contributed by atoms with E-state index in [4.69, 9.17) is 5.73 Å². The molecule has 0 saturated carbocycles. The number of benzene rings is 1. The predicted molar refractivity (Wildman–Crippen MR) is 77.8 cm³/mol. The minimum atomic E-state index is -0.198. The molecule has 1 saturated heterocycles. The molecule has 3 nitrogen and oxygen atoms in total. The van der Waals surface area contributed by atoms with Gasteiger partial charge in [-0.05, 0) is 44.5 Å². The molecule has 1 aliphatic rings. The summed E-state index contributed by atoms with van der Waals surface area (Å²) in [5.74, 6) is -0.198. The molecule has 0 unspecified atom stereocenters. The molecule has 0 amide bonds. The Morgan fingerprint density at radius 3 is 2.26 bits per heavy atom. The van der Waals surface area contributed by atoms with Crippen LogP contribution in [0.3, 0.4) is 0 Å². The number of hydrogen-bond acceptors (Lipinski definition) is 3. The van der Waals surface area contributed by atoms with E-state index in [1.807, 2.05) is 6.07 Å². The zero-order chi connectivity index (χ0) is 14.0. The highest BCUT2D eigenvalue weighted by Crippen LogP contribution is 2.22. The number of halogens is 1. The van der Waals surface area contributed by atoms with Crippen LogP contribution in [0.1, 0.15) is 26.3 Å². The van der Waals surface area contributed by atoms with Crippen LogP contribution in [-0.4, -0.2) is 36.6 Å². The highest BCUT2D eigenvalue weighted by atomic mass is 19.1. The van der Waals surface area contributed by atoms with Gasteiger partial charge in [-0.1, -0.05) is 0 Å². The van der Waals surface area contributed by atoms with Crippen molar-refractivity contribution in [2.75, 3.05) is 31.1 Å². The lowest BCUT2D eigenvalue weighted by atomic mass is 10.0. The molecule has 1 aromatic rings. The molecule has 0 radical (unpaired) electrons. The number of rotatable bonds is 2. The second-order valence-corrected chi connectivity index (χ2v) is 6.17. The van der Waals surface area contributed by atoms with Gasteiger partial charge in [-0.25, -0.2) is 4.39 Å². The first-order chi connectivity index (χ1) is 8.90. The second kappa shape index (κ2) is 5.47. The van der Waals surface area contributed by atoms with Gasteiger partial charge < -0.3 is 10.6 Å². The molecule has 1 fully saturated rings. The van der Waals surface area contributed by atoms with E-state index >= 15 is 0 Å². The molecule has 2 rings (SSSR count). The molecule has 1 aliphatic heterocycles. The Morgan fingerprint density at radius 2 is 1.74 bits per heavy atom. The van der Waals surface area contributed by atoms with Crippen molar-refractivity contribution in [1.82, 2.24) is 4.90 Å². The summed E-state index contributed by atoms with van der Waals surface area (Å²) in [6.45, 7) is 11.0. The fourth-order valence-electron chi connectivity index (χ4n) is 2.57. The molecular formula is C15H24FN3. The lowest BCUT2D eigenvalue weighted by Crippen LogP contribution is -2.53. The van der Waals surface area contributed by atoms with Crippen molar-refractivity contribution in [3.05, 3.63) is 29.6 Å². The number of nitrogens with zero attached hydrogens (tertiary/aromatic N) is 2. The highest BCUT2D eigenvalue weighted by Gasteiger charge is 2.26. The summed E-state index contributed by atoms with van der Waals surface area (Å²) in [6, 6.07) is 5.11. The monoisotopic (exact) mass is 265 g/mol. The van der Waals surface area contributed by atoms with E-state index < -0.39 is 0 Å². The van der Waals surface area contributed by atoms with Crippen LogP contribution in [-0.2, 0) is 6.54 Å². The van der Waals surface area contributed by atoms with Gasteiger partial charge in [0.25, 0.3) is 0 Å². The van der Waals surface area contributed by atoms with Crippen molar-refractivity contribution in [3.8, 4) is 0 Å². The van der Waals surface area contributed by atoms with E-state index in [1.54, 1.807) is 6.07 Å². The topological polar surface area (TPSA) is 32.5 Å². The minimum Gasteiger partial charge on any atom is -0.369 e. The third-order valence-corrected chi connectivity index (χ3v) is 3.77. The summed E-state index contributed by atoms with van der Waals surface area (Å²) in [6.07, 6.45) is 0. The van der Waals surface area contributed by atoms with E-state index in [1.165, 1.54) is 6.07 Å². The van der Waals surface area contributed by atoms with Crippen molar-refractivity contribution in [2.45, 2.75) is 32.9 Å². The van der Waals surface area contributed by atoms with Gasteiger partial charge in [-0.2, -0.15) is 0 Å². The Labute approximate surface area is 115 Å². The van der Waals surface area contributed by atoms with Gasteiger partial charge in [0.05, 0.1) is 0 Å². The van der Waals surface area contributed by atoms with Crippen LogP contribution in [0.4, 0.5) is 10.1 Å². The molecule has 19 heavy (non-hydrogen) atoms. The summed E-state index contributed by atoms with van der Waals surface area (Å²) in [5.41, 5.74) is 7.62. The zero-order valence-electron chi connectivity index (χ0n) is 12.1. The molecule has 0 aromatic heterocycles. The van der Waals surface area contributed by atoms with Gasteiger partial charge in [0.2, 0.25) is 0 Å². The van der Waals surface area contributed by atoms with E-state index in [-0.39, 0.29) is 11.4 Å². The standard InChI is InChI=1S/C15H24FN3/c1-15(2,3)19-6-4-18(5-7-19)14-9-12(11-17)8-13(16)10-14/h8-10H,4-7,11,17H2,1-3H3. The third-order valence-electron chi connectivity index (χ3n) is 3.77. The molecular weight excluding hydrogens is 241 g/mol. The van der Waals surface area contributed by atoms with Gasteiger partial charge >= 0.3 is 0 Å². The van der Waals surface area contributed by atoms with Crippen LogP contribution in [0.15, 0.2) is 18.2 Å². The average Bonchev–Trinajstić information content (AvgIpc) is 2.37. The third kappa shape index (κ3) is 3.45. The lowest BCUT2D eigenvalue weighted by Gasteiger charge is -2.43. The predicted octanol–water partition coefficient (Wildman–Crippen LogP) is 2.20. The van der Waals surface area contributed by atoms with Crippen LogP contribution in [0.5, 0.6) is 0 Å². The van der Waals surface area contributed by atoms with Gasteiger partial charge in [-0.3, -0.25) is 4.90 Å². The van der Waals surface area contributed by atoms with Crippen molar-refractivity contribution in [2.24, 2.45) is 5.73 Å². The fraction of sp³-hybridized carbons (Fsp3) is 0.600. The van der Waals surface area contributed by atoms with Crippen molar-refractivity contribution in [1.29, 1.82) is 0 Å². The summed E-state index contributed by atoms with van der Waals surface area (Å²) in [7, 11) is 0. The highest BCUT2D eigenvalue weighted by molar-refractivity contribution is 5.49. The molecule has 0 aliphatic carbocycles. The summed E-state index contributed by atoms with van der Waals surface area (Å²) < 4.78 is 13.5. The van der Waals surface area contributed by atoms with Crippen molar-refractivity contribution >= 4 is 5.69 Å². The number of piperazine rings is 1. The molecule has 0 spiro atoms. The van der Waals surface area contributed by atoms with Crippen LogP contribution >= 0.6 is 0 Å². The van der Waals surface area contributed by atoms with E-state index in [0.29, 0.717) is 6.54 Å². The fourth-order valence-corrected chi connectivity index (χ4v) is 2.57. The first kappa shape index (κ1) is 14.3. The van der Waals surface area contributed by atoms with Gasteiger partial charge in [0.1, 0.15) is 5.82 Å². The molecule has 0 atom stereocenters. The smallest absolute Gasteiger partial charge is 0.125 e. The average molecular weight is 265 g/mol. The summed E-state index contributed by atoms with van der Waals surface area (Å²) >= 11 is 0. The number of anilines is 1. The molecule has 0 bridgehead atoms. The second-order valence-electron chi connectivity index (χ2n) is 6.17. The Hall–Kier alpha value is -1.13. The quantitative estimate of drug-likeness (QED) is 0.890. The van der Waals surface area contributed by atoms with E-state index in [0.717, 1.165) is 37.4 Å². The van der Waals surface area contributed by atoms with Crippen LogP contribution in [0.25, 0.3) is 0 Å². The van der Waals surface area contributed by atoms with Crippen LogP contribution in [0.2, 0.25) is 0 Å². The molecule has 1 heterocycles. The molecule has 1 aromatic carbocycles. The first-order valence-corrected chi connectivity index (χ1v) is 6.89. The van der Waals surface area contributed by atoms with E-state index in [9.17, 15) is 4.39 Å². The maximum atomic E-state index is 13.5. The Morgan fingerprint density at radius 1 is 1.11 bits per heavy atom. The first-order valence-electron chi connectivity index (χ1n) is 6.89. The Balaban J connectivity index is 2.07. The van der Waals surface area contributed by atoms with Gasteiger partial charge in [0.15, 0.2) is 0 Å². The maximum Gasteiger partial charge on any atom is 0.125 e. The molecule has 4 heteroatoms. The van der Waals surface area contributed by atoms with Crippen molar-refractivity contribution < 1.29 is 4.39 Å². The zero-order valence-corrected chi connectivity index (χ0v) is 12.1. The summed E-state index contributed by atoms with van der Waals surface area (Å²) in [4.78, 5) is 4.71. The number of hydrogen-bond donors (Lipinski definition) is 1. The normalized spacial score (nSPS) is 17.8. The largest absolute Gasteiger partial charge is 0.369 e.